The first kappa shape index (κ1) is 11.5. The van der Waals surface area contributed by atoms with Crippen LogP contribution in [0.2, 0.25) is 0 Å². The molecule has 1 atom stereocenters. The molecule has 1 aliphatic rings. The van der Waals surface area contributed by atoms with Gasteiger partial charge in [-0.3, -0.25) is 4.90 Å². The monoisotopic (exact) mass is 225 g/mol. The summed E-state index contributed by atoms with van der Waals surface area (Å²) < 4.78 is 26.8. The molecule has 88 valence electrons. The van der Waals surface area contributed by atoms with Crippen molar-refractivity contribution in [3.8, 4) is 0 Å². The fourth-order valence-corrected chi connectivity index (χ4v) is 2.42. The summed E-state index contributed by atoms with van der Waals surface area (Å²) in [6.45, 7) is 4.26. The number of nitrogens with zero attached hydrogens (tertiary/aromatic N) is 1. The molecule has 1 unspecified atom stereocenters. The SMILES string of the molecule is CN1C(c2cc(F)ccc2F)CCC1(C)C. The smallest absolute Gasteiger partial charge is 0.128 e. The van der Waals surface area contributed by atoms with E-state index in [2.05, 4.69) is 18.7 Å². The van der Waals surface area contributed by atoms with Gasteiger partial charge < -0.3 is 0 Å². The molecule has 1 aromatic carbocycles. The second-order valence-corrected chi connectivity index (χ2v) is 5.14. The van der Waals surface area contributed by atoms with Gasteiger partial charge in [-0.05, 0) is 51.9 Å². The first-order chi connectivity index (χ1) is 7.42. The number of rotatable bonds is 1. The predicted octanol–water partition coefficient (Wildman–Crippen LogP) is 3.51. The minimum atomic E-state index is -0.366. The van der Waals surface area contributed by atoms with Crippen LogP contribution < -0.4 is 0 Å². The van der Waals surface area contributed by atoms with Gasteiger partial charge in [0, 0.05) is 17.1 Å². The zero-order valence-electron chi connectivity index (χ0n) is 9.93. The van der Waals surface area contributed by atoms with Crippen molar-refractivity contribution in [3.05, 3.63) is 35.4 Å². The first-order valence-electron chi connectivity index (χ1n) is 5.60. The van der Waals surface area contributed by atoms with Gasteiger partial charge in [0.25, 0.3) is 0 Å². The Balaban J connectivity index is 2.35. The van der Waals surface area contributed by atoms with Crippen molar-refractivity contribution in [2.75, 3.05) is 7.05 Å². The van der Waals surface area contributed by atoms with Crippen molar-refractivity contribution in [2.45, 2.75) is 38.3 Å². The molecule has 1 aromatic rings. The standard InChI is InChI=1S/C13H17F2N/c1-13(2)7-6-12(16(13)3)10-8-9(14)4-5-11(10)15/h4-5,8,12H,6-7H2,1-3H3. The van der Waals surface area contributed by atoms with Crippen molar-refractivity contribution in [1.82, 2.24) is 4.90 Å². The Labute approximate surface area is 95.1 Å². The lowest BCUT2D eigenvalue weighted by Crippen LogP contribution is -2.36. The Kier molecular flexibility index (Phi) is 2.74. The summed E-state index contributed by atoms with van der Waals surface area (Å²) in [7, 11) is 1.97. The third-order valence-corrected chi connectivity index (χ3v) is 3.77. The number of halogens is 2. The number of hydrogen-bond acceptors (Lipinski definition) is 1. The molecule has 16 heavy (non-hydrogen) atoms. The van der Waals surface area contributed by atoms with Crippen LogP contribution in [0.15, 0.2) is 18.2 Å². The van der Waals surface area contributed by atoms with Crippen molar-refractivity contribution >= 4 is 0 Å². The zero-order chi connectivity index (χ0) is 11.9. The molecule has 0 spiro atoms. The van der Waals surface area contributed by atoms with E-state index in [0.717, 1.165) is 12.8 Å². The minimum absolute atomic E-state index is 0.00861. The van der Waals surface area contributed by atoms with E-state index < -0.39 is 0 Å². The summed E-state index contributed by atoms with van der Waals surface area (Å²) in [5.74, 6) is -0.676. The highest BCUT2D eigenvalue weighted by Gasteiger charge is 2.38. The highest BCUT2D eigenvalue weighted by Crippen LogP contribution is 2.41. The summed E-state index contributed by atoms with van der Waals surface area (Å²) in [4.78, 5) is 2.13. The Morgan fingerprint density at radius 3 is 2.56 bits per heavy atom. The topological polar surface area (TPSA) is 3.24 Å². The maximum Gasteiger partial charge on any atom is 0.128 e. The van der Waals surface area contributed by atoms with E-state index in [0.29, 0.717) is 5.56 Å². The van der Waals surface area contributed by atoms with E-state index in [1.807, 2.05) is 7.05 Å². The fraction of sp³-hybridized carbons (Fsp3) is 0.538. The molecule has 0 amide bonds. The molecule has 0 saturated carbocycles. The van der Waals surface area contributed by atoms with Gasteiger partial charge >= 0.3 is 0 Å². The Morgan fingerprint density at radius 1 is 1.31 bits per heavy atom. The molecular weight excluding hydrogens is 208 g/mol. The largest absolute Gasteiger partial charge is 0.294 e. The Morgan fingerprint density at radius 2 is 2.00 bits per heavy atom. The lowest BCUT2D eigenvalue weighted by Gasteiger charge is -2.32. The summed E-state index contributed by atoms with van der Waals surface area (Å²) in [6, 6.07) is 3.69. The highest BCUT2D eigenvalue weighted by atomic mass is 19.1. The molecule has 1 saturated heterocycles. The molecule has 1 heterocycles. The molecular formula is C13H17F2N. The molecule has 1 nitrogen and oxygen atoms in total. The number of likely N-dealkylation sites (tertiary alicyclic amines) is 1. The van der Waals surface area contributed by atoms with E-state index in [1.165, 1.54) is 18.2 Å². The third kappa shape index (κ3) is 1.84. The van der Waals surface area contributed by atoms with Crippen LogP contribution in [-0.4, -0.2) is 17.5 Å². The van der Waals surface area contributed by atoms with Gasteiger partial charge in [0.05, 0.1) is 0 Å². The molecule has 0 N–H and O–H groups in total. The van der Waals surface area contributed by atoms with E-state index >= 15 is 0 Å². The second kappa shape index (κ2) is 3.81. The van der Waals surface area contributed by atoms with Crippen molar-refractivity contribution < 1.29 is 8.78 Å². The highest BCUT2D eigenvalue weighted by molar-refractivity contribution is 5.24. The van der Waals surface area contributed by atoms with Gasteiger partial charge in [0.1, 0.15) is 11.6 Å². The molecule has 0 aromatic heterocycles. The van der Waals surface area contributed by atoms with Gasteiger partial charge in [0.15, 0.2) is 0 Å². The number of hydrogen-bond donors (Lipinski definition) is 0. The van der Waals surface area contributed by atoms with Crippen molar-refractivity contribution in [2.24, 2.45) is 0 Å². The van der Waals surface area contributed by atoms with E-state index in [4.69, 9.17) is 0 Å². The van der Waals surface area contributed by atoms with Crippen molar-refractivity contribution in [1.29, 1.82) is 0 Å². The summed E-state index contributed by atoms with van der Waals surface area (Å²) in [5, 5.41) is 0. The van der Waals surface area contributed by atoms with Crippen LogP contribution in [0, 0.1) is 11.6 Å². The maximum absolute atomic E-state index is 13.7. The number of benzene rings is 1. The van der Waals surface area contributed by atoms with Gasteiger partial charge in [-0.2, -0.15) is 0 Å². The zero-order valence-corrected chi connectivity index (χ0v) is 9.93. The molecule has 0 aliphatic carbocycles. The molecule has 3 heteroatoms. The first-order valence-corrected chi connectivity index (χ1v) is 5.60. The molecule has 0 bridgehead atoms. The van der Waals surface area contributed by atoms with Gasteiger partial charge in [0.2, 0.25) is 0 Å². The van der Waals surface area contributed by atoms with Crippen LogP contribution in [0.5, 0.6) is 0 Å². The van der Waals surface area contributed by atoms with Gasteiger partial charge in [-0.15, -0.1) is 0 Å². The Hall–Kier alpha value is -0.960. The fourth-order valence-electron chi connectivity index (χ4n) is 2.42. The molecule has 2 rings (SSSR count). The van der Waals surface area contributed by atoms with Crippen LogP contribution in [-0.2, 0) is 0 Å². The summed E-state index contributed by atoms with van der Waals surface area (Å²) in [5.41, 5.74) is 0.539. The van der Waals surface area contributed by atoms with Crippen LogP contribution in [0.3, 0.4) is 0 Å². The van der Waals surface area contributed by atoms with E-state index in [1.54, 1.807) is 0 Å². The van der Waals surface area contributed by atoms with Crippen LogP contribution >= 0.6 is 0 Å². The van der Waals surface area contributed by atoms with Crippen LogP contribution in [0.1, 0.15) is 38.3 Å². The van der Waals surface area contributed by atoms with E-state index in [9.17, 15) is 8.78 Å². The predicted molar refractivity (Wildman–Crippen MR) is 60.2 cm³/mol. The van der Waals surface area contributed by atoms with E-state index in [-0.39, 0.29) is 23.2 Å². The molecule has 0 radical (unpaired) electrons. The quantitative estimate of drug-likeness (QED) is 0.707. The summed E-state index contributed by atoms with van der Waals surface area (Å²) >= 11 is 0. The Bertz CT molecular complexity index is 401. The third-order valence-electron chi connectivity index (χ3n) is 3.77. The maximum atomic E-state index is 13.7. The summed E-state index contributed by atoms with van der Waals surface area (Å²) in [6.07, 6.45) is 1.88. The second-order valence-electron chi connectivity index (χ2n) is 5.14. The van der Waals surface area contributed by atoms with Crippen molar-refractivity contribution in [3.63, 3.8) is 0 Å². The van der Waals surface area contributed by atoms with Gasteiger partial charge in [-0.1, -0.05) is 0 Å². The molecule has 1 aliphatic heterocycles. The van der Waals surface area contributed by atoms with Gasteiger partial charge in [-0.25, -0.2) is 8.78 Å². The van der Waals surface area contributed by atoms with Crippen LogP contribution in [0.4, 0.5) is 8.78 Å². The minimum Gasteiger partial charge on any atom is -0.294 e. The lowest BCUT2D eigenvalue weighted by atomic mass is 10.0. The lowest BCUT2D eigenvalue weighted by molar-refractivity contribution is 0.167. The molecule has 1 fully saturated rings. The average molecular weight is 225 g/mol. The normalized spacial score (nSPS) is 24.9. The van der Waals surface area contributed by atoms with Crippen LogP contribution in [0.25, 0.3) is 0 Å². The average Bonchev–Trinajstić information content (AvgIpc) is 2.47.